The van der Waals surface area contributed by atoms with E-state index >= 15 is 0 Å². The smallest absolute Gasteiger partial charge is 0.208 e. The Balaban J connectivity index is 2.12. The lowest BCUT2D eigenvalue weighted by molar-refractivity contribution is 0.459. The third kappa shape index (κ3) is 2.96. The van der Waals surface area contributed by atoms with Gasteiger partial charge in [-0.3, -0.25) is 0 Å². The van der Waals surface area contributed by atoms with E-state index in [0.29, 0.717) is 12.6 Å². The molecule has 1 N–H and O–H groups in total. The topological polar surface area (TPSA) is 38.1 Å². The fourth-order valence-electron chi connectivity index (χ4n) is 1.49. The fourth-order valence-corrected chi connectivity index (χ4v) is 2.47. The second-order valence-electron chi connectivity index (χ2n) is 4.50. The van der Waals surface area contributed by atoms with Gasteiger partial charge in [0.15, 0.2) is 5.76 Å². The third-order valence-corrected chi connectivity index (χ3v) is 3.79. The molecule has 0 aliphatic rings. The van der Waals surface area contributed by atoms with Crippen molar-refractivity contribution in [2.24, 2.45) is 0 Å². The normalized spacial score (nSPS) is 11.4. The van der Waals surface area contributed by atoms with Crippen LogP contribution in [0.1, 0.15) is 30.2 Å². The molecule has 0 bridgehead atoms. The molecule has 0 spiro atoms. The van der Waals surface area contributed by atoms with E-state index in [1.54, 1.807) is 11.3 Å². The lowest BCUT2D eigenvalue weighted by Gasteiger charge is -2.03. The van der Waals surface area contributed by atoms with Gasteiger partial charge in [0, 0.05) is 10.9 Å². The van der Waals surface area contributed by atoms with Crippen LogP contribution in [0, 0.1) is 13.8 Å². The van der Waals surface area contributed by atoms with Gasteiger partial charge in [-0.2, -0.15) is 0 Å². The molecule has 0 radical (unpaired) electrons. The highest BCUT2D eigenvalue weighted by molar-refractivity contribution is 7.15. The van der Waals surface area contributed by atoms with E-state index in [1.807, 2.05) is 6.20 Å². The van der Waals surface area contributed by atoms with E-state index < -0.39 is 0 Å². The lowest BCUT2D eigenvalue weighted by atomic mass is 10.3. The number of nitrogens with zero attached hydrogens (tertiary/aromatic N) is 1. The van der Waals surface area contributed by atoms with Gasteiger partial charge in [0.2, 0.25) is 5.89 Å². The molecule has 4 heteroatoms. The molecule has 2 aromatic heterocycles. The Bertz CT molecular complexity index is 480. The molecule has 0 saturated carbocycles. The van der Waals surface area contributed by atoms with Gasteiger partial charge in [-0.15, -0.1) is 11.3 Å². The summed E-state index contributed by atoms with van der Waals surface area (Å²) in [6.45, 7) is 9.14. The number of rotatable bonds is 4. The maximum atomic E-state index is 5.73. The first-order valence-corrected chi connectivity index (χ1v) is 6.63. The zero-order valence-electron chi connectivity index (χ0n) is 10.7. The van der Waals surface area contributed by atoms with Crippen LogP contribution in [-0.4, -0.2) is 11.0 Å². The van der Waals surface area contributed by atoms with Gasteiger partial charge in [-0.25, -0.2) is 4.98 Å². The highest BCUT2D eigenvalue weighted by Gasteiger charge is 2.10. The molecule has 92 valence electrons. The second kappa shape index (κ2) is 5.02. The van der Waals surface area contributed by atoms with Gasteiger partial charge in [0.05, 0.1) is 17.6 Å². The molecular weight excluding hydrogens is 232 g/mol. The van der Waals surface area contributed by atoms with Crippen LogP contribution >= 0.6 is 11.3 Å². The van der Waals surface area contributed by atoms with Crippen LogP contribution < -0.4 is 5.32 Å². The molecule has 0 aliphatic heterocycles. The van der Waals surface area contributed by atoms with E-state index in [1.165, 1.54) is 10.4 Å². The summed E-state index contributed by atoms with van der Waals surface area (Å²) in [4.78, 5) is 6.77. The number of thiophene rings is 1. The Morgan fingerprint density at radius 1 is 1.41 bits per heavy atom. The Morgan fingerprint density at radius 2 is 2.18 bits per heavy atom. The SMILES string of the molecule is Cc1cc(-c2cnc(CNC(C)C)o2)sc1C. The molecule has 2 rings (SSSR count). The minimum Gasteiger partial charge on any atom is -0.438 e. The molecule has 0 aliphatic carbocycles. The molecule has 2 aromatic rings. The number of aromatic nitrogens is 1. The molecule has 17 heavy (non-hydrogen) atoms. The molecule has 0 amide bonds. The highest BCUT2D eigenvalue weighted by atomic mass is 32.1. The number of oxazole rings is 1. The van der Waals surface area contributed by atoms with Crippen molar-refractivity contribution in [3.63, 3.8) is 0 Å². The van der Waals surface area contributed by atoms with E-state index in [0.717, 1.165) is 16.5 Å². The van der Waals surface area contributed by atoms with Crippen LogP contribution in [0.3, 0.4) is 0 Å². The molecule has 3 nitrogen and oxygen atoms in total. The van der Waals surface area contributed by atoms with Crippen molar-refractivity contribution in [3.05, 3.63) is 28.6 Å². The zero-order valence-corrected chi connectivity index (χ0v) is 11.5. The van der Waals surface area contributed by atoms with Crippen LogP contribution in [0.5, 0.6) is 0 Å². The minimum atomic E-state index is 0.441. The van der Waals surface area contributed by atoms with Gasteiger partial charge < -0.3 is 9.73 Å². The summed E-state index contributed by atoms with van der Waals surface area (Å²) < 4.78 is 5.73. The van der Waals surface area contributed by atoms with Gasteiger partial charge in [0.25, 0.3) is 0 Å². The number of hydrogen-bond acceptors (Lipinski definition) is 4. The number of aryl methyl sites for hydroxylation is 2. The Morgan fingerprint density at radius 3 is 2.76 bits per heavy atom. The second-order valence-corrected chi connectivity index (χ2v) is 5.76. The van der Waals surface area contributed by atoms with Gasteiger partial charge in [-0.1, -0.05) is 13.8 Å². The summed E-state index contributed by atoms with van der Waals surface area (Å²) in [5.74, 6) is 1.61. The molecule has 0 fully saturated rings. The summed E-state index contributed by atoms with van der Waals surface area (Å²) in [5, 5.41) is 3.29. The molecule has 0 aromatic carbocycles. The summed E-state index contributed by atoms with van der Waals surface area (Å²) >= 11 is 1.75. The van der Waals surface area contributed by atoms with Crippen LogP contribution in [0.2, 0.25) is 0 Å². The predicted molar refractivity (Wildman–Crippen MR) is 71.3 cm³/mol. The molecular formula is C13H18N2OS. The fraction of sp³-hybridized carbons (Fsp3) is 0.462. The Kier molecular flexibility index (Phi) is 3.64. The van der Waals surface area contributed by atoms with E-state index in [-0.39, 0.29) is 0 Å². The minimum absolute atomic E-state index is 0.441. The highest BCUT2D eigenvalue weighted by Crippen LogP contribution is 2.30. The van der Waals surface area contributed by atoms with Crippen molar-refractivity contribution in [1.82, 2.24) is 10.3 Å². The maximum absolute atomic E-state index is 5.73. The molecule has 0 atom stereocenters. The quantitative estimate of drug-likeness (QED) is 0.902. The molecule has 0 unspecified atom stereocenters. The standard InChI is InChI=1S/C13H18N2OS/c1-8(2)14-7-13-15-6-11(16-13)12-5-9(3)10(4)17-12/h5-6,8,14H,7H2,1-4H3. The van der Waals surface area contributed by atoms with Crippen molar-refractivity contribution in [2.45, 2.75) is 40.3 Å². The van der Waals surface area contributed by atoms with Crippen molar-refractivity contribution < 1.29 is 4.42 Å². The first-order valence-electron chi connectivity index (χ1n) is 5.81. The lowest BCUT2D eigenvalue weighted by Crippen LogP contribution is -2.21. The maximum Gasteiger partial charge on any atom is 0.208 e. The number of nitrogens with one attached hydrogen (secondary N) is 1. The summed E-state index contributed by atoms with van der Waals surface area (Å²) in [6.07, 6.45) is 1.81. The van der Waals surface area contributed by atoms with Gasteiger partial charge >= 0.3 is 0 Å². The third-order valence-electron chi connectivity index (χ3n) is 2.62. The van der Waals surface area contributed by atoms with Crippen LogP contribution in [0.15, 0.2) is 16.7 Å². The average Bonchev–Trinajstić information content (AvgIpc) is 2.84. The first-order chi connectivity index (χ1) is 8.06. The summed E-state index contributed by atoms with van der Waals surface area (Å²) in [7, 11) is 0. The zero-order chi connectivity index (χ0) is 12.4. The van der Waals surface area contributed by atoms with E-state index in [4.69, 9.17) is 4.42 Å². The summed E-state index contributed by atoms with van der Waals surface area (Å²) in [5.41, 5.74) is 1.31. The Hall–Kier alpha value is -1.13. The van der Waals surface area contributed by atoms with Crippen molar-refractivity contribution in [1.29, 1.82) is 0 Å². The van der Waals surface area contributed by atoms with Crippen molar-refractivity contribution in [2.75, 3.05) is 0 Å². The van der Waals surface area contributed by atoms with Crippen LogP contribution in [-0.2, 0) is 6.54 Å². The molecule has 0 saturated heterocycles. The van der Waals surface area contributed by atoms with Gasteiger partial charge in [0.1, 0.15) is 0 Å². The summed E-state index contributed by atoms with van der Waals surface area (Å²) in [6, 6.07) is 2.59. The largest absolute Gasteiger partial charge is 0.438 e. The van der Waals surface area contributed by atoms with E-state index in [9.17, 15) is 0 Å². The predicted octanol–water partition coefficient (Wildman–Crippen LogP) is 3.52. The van der Waals surface area contributed by atoms with Crippen LogP contribution in [0.4, 0.5) is 0 Å². The average molecular weight is 250 g/mol. The number of hydrogen-bond donors (Lipinski definition) is 1. The van der Waals surface area contributed by atoms with Gasteiger partial charge in [-0.05, 0) is 25.5 Å². The first kappa shape index (κ1) is 12.3. The monoisotopic (exact) mass is 250 g/mol. The van der Waals surface area contributed by atoms with E-state index in [2.05, 4.69) is 44.1 Å². The van der Waals surface area contributed by atoms with Crippen LogP contribution in [0.25, 0.3) is 10.6 Å². The van der Waals surface area contributed by atoms with Crippen molar-refractivity contribution in [3.8, 4) is 10.6 Å². The Labute approximate surface area is 106 Å². The van der Waals surface area contributed by atoms with Crippen molar-refractivity contribution >= 4 is 11.3 Å². The molecule has 2 heterocycles.